The molecule has 1 fully saturated rings. The van der Waals surface area contributed by atoms with Crippen LogP contribution in [-0.2, 0) is 6.42 Å². The van der Waals surface area contributed by atoms with Crippen molar-refractivity contribution in [2.75, 3.05) is 11.5 Å². The first kappa shape index (κ1) is 14.2. The Kier molecular flexibility index (Phi) is 5.34. The Hall–Kier alpha value is -0.250. The largest absolute Gasteiger partial charge is 0.393 e. The number of hydrogen-bond donors (Lipinski definition) is 1. The highest BCUT2D eigenvalue weighted by molar-refractivity contribution is 7.99. The lowest BCUT2D eigenvalue weighted by Gasteiger charge is -2.23. The third-order valence-corrected chi connectivity index (χ3v) is 4.77. The second-order valence-electron chi connectivity index (χ2n) is 4.86. The molecule has 0 aromatic heterocycles. The monoisotopic (exact) mass is 288 g/mol. The molecule has 4 heteroatoms. The molecule has 0 amide bonds. The Morgan fingerprint density at radius 3 is 2.83 bits per heavy atom. The van der Waals surface area contributed by atoms with Gasteiger partial charge in [0.25, 0.3) is 0 Å². The molecule has 0 aliphatic carbocycles. The maximum absolute atomic E-state index is 13.7. The lowest BCUT2D eigenvalue weighted by Crippen LogP contribution is -2.20. The molecule has 1 aromatic rings. The molecule has 0 radical (unpaired) electrons. The molecule has 1 aromatic carbocycles. The summed E-state index contributed by atoms with van der Waals surface area (Å²) in [6.07, 6.45) is 2.99. The fourth-order valence-electron chi connectivity index (χ4n) is 2.41. The zero-order valence-corrected chi connectivity index (χ0v) is 11.8. The normalized spacial score (nSPS) is 18.8. The van der Waals surface area contributed by atoms with Crippen LogP contribution in [0.15, 0.2) is 18.2 Å². The fraction of sp³-hybridized carbons (Fsp3) is 0.571. The van der Waals surface area contributed by atoms with E-state index in [9.17, 15) is 9.50 Å². The Balaban J connectivity index is 1.90. The minimum Gasteiger partial charge on any atom is -0.393 e. The van der Waals surface area contributed by atoms with Gasteiger partial charge in [0.2, 0.25) is 0 Å². The first-order valence-corrected chi connectivity index (χ1v) is 7.88. The number of thioether (sulfide) groups is 1. The van der Waals surface area contributed by atoms with E-state index in [1.165, 1.54) is 30.4 Å². The molecule has 0 saturated carbocycles. The van der Waals surface area contributed by atoms with E-state index in [-0.39, 0.29) is 5.02 Å². The third-order valence-electron chi connectivity index (χ3n) is 3.43. The zero-order valence-electron chi connectivity index (χ0n) is 10.2. The molecular formula is C14H18ClFOS. The highest BCUT2D eigenvalue weighted by atomic mass is 35.5. The summed E-state index contributed by atoms with van der Waals surface area (Å²) in [5.74, 6) is 2.56. The predicted molar refractivity (Wildman–Crippen MR) is 75.8 cm³/mol. The van der Waals surface area contributed by atoms with Crippen LogP contribution in [0.5, 0.6) is 0 Å². The Morgan fingerprint density at radius 1 is 1.39 bits per heavy atom. The summed E-state index contributed by atoms with van der Waals surface area (Å²) in [6, 6.07) is 4.96. The molecule has 100 valence electrons. The van der Waals surface area contributed by atoms with Crippen LogP contribution in [0.3, 0.4) is 0 Å². The molecule has 0 bridgehead atoms. The first-order chi connectivity index (χ1) is 8.66. The van der Waals surface area contributed by atoms with E-state index in [1.807, 2.05) is 11.8 Å². The topological polar surface area (TPSA) is 20.2 Å². The molecule has 2 rings (SSSR count). The Labute approximate surface area is 117 Å². The second kappa shape index (κ2) is 6.78. The lowest BCUT2D eigenvalue weighted by atomic mass is 9.92. The number of aliphatic hydroxyl groups is 1. The van der Waals surface area contributed by atoms with Crippen molar-refractivity contribution in [1.29, 1.82) is 0 Å². The van der Waals surface area contributed by atoms with Gasteiger partial charge in [0.05, 0.1) is 11.1 Å². The zero-order chi connectivity index (χ0) is 13.0. The van der Waals surface area contributed by atoms with Gasteiger partial charge in [-0.25, -0.2) is 4.39 Å². The van der Waals surface area contributed by atoms with Crippen molar-refractivity contribution in [2.45, 2.75) is 31.8 Å². The van der Waals surface area contributed by atoms with Crippen molar-refractivity contribution >= 4 is 23.4 Å². The minimum absolute atomic E-state index is 0.133. The van der Waals surface area contributed by atoms with Crippen molar-refractivity contribution in [2.24, 2.45) is 5.92 Å². The standard InChI is InChI=1S/C14H18ClFOS/c15-13-3-1-2-11(14(13)16)9-12(17)8-10-4-6-18-7-5-10/h1-3,10,12,17H,4-9H2. The van der Waals surface area contributed by atoms with Crippen LogP contribution in [-0.4, -0.2) is 22.7 Å². The molecule has 1 unspecified atom stereocenters. The number of rotatable bonds is 4. The van der Waals surface area contributed by atoms with Gasteiger partial charge in [0.1, 0.15) is 5.82 Å². The van der Waals surface area contributed by atoms with Crippen LogP contribution in [0.25, 0.3) is 0 Å². The van der Waals surface area contributed by atoms with Crippen molar-refractivity contribution < 1.29 is 9.50 Å². The van der Waals surface area contributed by atoms with Crippen LogP contribution in [0.1, 0.15) is 24.8 Å². The van der Waals surface area contributed by atoms with E-state index < -0.39 is 11.9 Å². The fourth-order valence-corrected chi connectivity index (χ4v) is 3.81. The van der Waals surface area contributed by atoms with Crippen LogP contribution in [0.2, 0.25) is 5.02 Å². The maximum Gasteiger partial charge on any atom is 0.145 e. The second-order valence-corrected chi connectivity index (χ2v) is 6.49. The quantitative estimate of drug-likeness (QED) is 0.906. The molecule has 1 N–H and O–H groups in total. The third kappa shape index (κ3) is 3.87. The smallest absolute Gasteiger partial charge is 0.145 e. The van der Waals surface area contributed by atoms with Gasteiger partial charge >= 0.3 is 0 Å². The average Bonchev–Trinajstić information content (AvgIpc) is 2.36. The molecule has 1 heterocycles. The van der Waals surface area contributed by atoms with E-state index in [0.29, 0.717) is 17.9 Å². The molecule has 0 spiro atoms. The summed E-state index contributed by atoms with van der Waals surface area (Å²) in [6.45, 7) is 0. The molecule has 1 aliphatic heterocycles. The summed E-state index contributed by atoms with van der Waals surface area (Å²) in [5.41, 5.74) is 0.514. The number of benzene rings is 1. The maximum atomic E-state index is 13.7. The molecule has 18 heavy (non-hydrogen) atoms. The van der Waals surface area contributed by atoms with Gasteiger partial charge in [0.15, 0.2) is 0 Å². The van der Waals surface area contributed by atoms with Crippen molar-refractivity contribution in [1.82, 2.24) is 0 Å². The molecule has 1 atom stereocenters. The van der Waals surface area contributed by atoms with E-state index in [4.69, 9.17) is 11.6 Å². The van der Waals surface area contributed by atoms with Crippen molar-refractivity contribution in [3.63, 3.8) is 0 Å². The summed E-state index contributed by atoms with van der Waals surface area (Å²) < 4.78 is 13.7. The van der Waals surface area contributed by atoms with Gasteiger partial charge in [-0.3, -0.25) is 0 Å². The van der Waals surface area contributed by atoms with Crippen LogP contribution in [0.4, 0.5) is 4.39 Å². The Bertz CT molecular complexity index is 393. The van der Waals surface area contributed by atoms with Gasteiger partial charge < -0.3 is 5.11 Å². The van der Waals surface area contributed by atoms with Crippen LogP contribution in [0, 0.1) is 11.7 Å². The SMILES string of the molecule is OC(Cc1cccc(Cl)c1F)CC1CCSCC1. The van der Waals surface area contributed by atoms with Gasteiger partial charge in [-0.1, -0.05) is 23.7 Å². The lowest BCUT2D eigenvalue weighted by molar-refractivity contribution is 0.138. The molecule has 1 aliphatic rings. The van der Waals surface area contributed by atoms with Crippen molar-refractivity contribution in [3.8, 4) is 0 Å². The summed E-state index contributed by atoms with van der Waals surface area (Å²) >= 11 is 7.70. The van der Waals surface area contributed by atoms with E-state index in [2.05, 4.69) is 0 Å². The van der Waals surface area contributed by atoms with Crippen molar-refractivity contribution in [3.05, 3.63) is 34.6 Å². The van der Waals surface area contributed by atoms with E-state index in [1.54, 1.807) is 12.1 Å². The first-order valence-electron chi connectivity index (χ1n) is 6.35. The number of aliphatic hydroxyl groups excluding tert-OH is 1. The average molecular weight is 289 g/mol. The van der Waals surface area contributed by atoms with Gasteiger partial charge in [-0.05, 0) is 48.3 Å². The summed E-state index contributed by atoms with van der Waals surface area (Å²) in [4.78, 5) is 0. The highest BCUT2D eigenvalue weighted by Gasteiger charge is 2.19. The van der Waals surface area contributed by atoms with Gasteiger partial charge in [0, 0.05) is 6.42 Å². The highest BCUT2D eigenvalue weighted by Crippen LogP contribution is 2.27. The van der Waals surface area contributed by atoms with E-state index >= 15 is 0 Å². The molecule has 1 nitrogen and oxygen atoms in total. The number of halogens is 2. The minimum atomic E-state index is -0.467. The number of hydrogen-bond acceptors (Lipinski definition) is 2. The summed E-state index contributed by atoms with van der Waals surface area (Å²) in [7, 11) is 0. The van der Waals surface area contributed by atoms with Crippen LogP contribution >= 0.6 is 23.4 Å². The molecule has 1 saturated heterocycles. The predicted octanol–water partition coefficient (Wildman–Crippen LogP) is 3.92. The van der Waals surface area contributed by atoms with Crippen LogP contribution < -0.4 is 0 Å². The van der Waals surface area contributed by atoms with E-state index in [0.717, 1.165) is 6.42 Å². The van der Waals surface area contributed by atoms with Gasteiger partial charge in [-0.15, -0.1) is 0 Å². The van der Waals surface area contributed by atoms with Gasteiger partial charge in [-0.2, -0.15) is 11.8 Å². The summed E-state index contributed by atoms with van der Waals surface area (Å²) in [5, 5.41) is 10.2. The Morgan fingerprint density at radius 2 is 2.11 bits per heavy atom. The molecular weight excluding hydrogens is 271 g/mol.